The van der Waals surface area contributed by atoms with E-state index in [1.165, 1.54) is 0 Å². The Morgan fingerprint density at radius 2 is 2.17 bits per heavy atom. The van der Waals surface area contributed by atoms with E-state index in [0.29, 0.717) is 0 Å². The zero-order valence-corrected chi connectivity index (χ0v) is 8.89. The Hall–Kier alpha value is -0.0900. The molecule has 0 aliphatic carbocycles. The Morgan fingerprint density at radius 3 is 2.58 bits per heavy atom. The van der Waals surface area contributed by atoms with Crippen molar-refractivity contribution in [3.8, 4) is 0 Å². The summed E-state index contributed by atoms with van der Waals surface area (Å²) in [5.41, 5.74) is 3.45. The fourth-order valence-electron chi connectivity index (χ4n) is 0.830. The number of hydrogen-bond acceptors (Lipinski definition) is 3. The van der Waals surface area contributed by atoms with Gasteiger partial charge in [-0.05, 0) is 18.4 Å². The molecule has 2 nitrogen and oxygen atoms in total. The van der Waals surface area contributed by atoms with Crippen LogP contribution in [0.1, 0.15) is 0 Å². The monoisotopic (exact) mass is 224 g/mol. The molecule has 0 heterocycles. The van der Waals surface area contributed by atoms with Crippen LogP contribution in [0.15, 0.2) is 23.1 Å². The average Bonchev–Trinajstić information content (AvgIpc) is 2.04. The van der Waals surface area contributed by atoms with Crippen LogP contribution in [0, 0.1) is 0 Å². The molecule has 12 heavy (non-hydrogen) atoms. The molecule has 0 saturated carbocycles. The second-order valence-corrected chi connectivity index (χ2v) is 3.19. The largest absolute Gasteiger partial charge is 0.323 e. The van der Waals surface area contributed by atoms with Crippen molar-refractivity contribution in [3.63, 3.8) is 0 Å². The molecule has 0 aliphatic rings. The minimum Gasteiger partial charge on any atom is -0.323 e. The van der Waals surface area contributed by atoms with Gasteiger partial charge in [0.1, 0.15) is 0 Å². The number of rotatable bonds is 2. The molecule has 1 aromatic carbocycles. The molecule has 0 spiro atoms. The van der Waals surface area contributed by atoms with E-state index in [0.717, 1.165) is 15.6 Å². The van der Waals surface area contributed by atoms with E-state index in [1.807, 2.05) is 24.5 Å². The molecular formula is C7H10Cl2N2S. The molecule has 0 aromatic heterocycles. The number of thioether (sulfide) groups is 1. The number of benzene rings is 1. The maximum absolute atomic E-state index is 5.89. The zero-order valence-electron chi connectivity index (χ0n) is 6.50. The second-order valence-electron chi connectivity index (χ2n) is 1.96. The van der Waals surface area contributed by atoms with Crippen molar-refractivity contribution < 1.29 is 0 Å². The number of hydrazine groups is 1. The van der Waals surface area contributed by atoms with Gasteiger partial charge >= 0.3 is 0 Å². The van der Waals surface area contributed by atoms with Crippen molar-refractivity contribution >= 4 is 41.5 Å². The molecule has 0 unspecified atom stereocenters. The van der Waals surface area contributed by atoms with E-state index in [-0.39, 0.29) is 12.4 Å². The van der Waals surface area contributed by atoms with Gasteiger partial charge in [-0.15, -0.1) is 24.2 Å². The highest BCUT2D eigenvalue weighted by molar-refractivity contribution is 7.98. The lowest BCUT2D eigenvalue weighted by molar-refractivity contribution is 1.29. The van der Waals surface area contributed by atoms with Gasteiger partial charge in [0, 0.05) is 0 Å². The van der Waals surface area contributed by atoms with Gasteiger partial charge in [0.25, 0.3) is 0 Å². The Bertz CT molecular complexity index is 255. The van der Waals surface area contributed by atoms with Gasteiger partial charge in [0.15, 0.2) is 0 Å². The summed E-state index contributed by atoms with van der Waals surface area (Å²) in [5, 5.41) is 0.730. The standard InChI is InChI=1S/C7H9ClN2S.ClH/c1-11-7-5(8)3-2-4-6(7)10-9;/h2-4,10H,9H2,1H3;1H. The number of hydrogen-bond donors (Lipinski definition) is 2. The fraction of sp³-hybridized carbons (Fsp3) is 0.143. The Labute approximate surface area is 87.2 Å². The van der Waals surface area contributed by atoms with Crippen LogP contribution in [0.5, 0.6) is 0 Å². The van der Waals surface area contributed by atoms with Crippen molar-refractivity contribution in [3.05, 3.63) is 23.2 Å². The number of nitrogens with two attached hydrogens (primary N) is 1. The van der Waals surface area contributed by atoms with E-state index in [4.69, 9.17) is 17.4 Å². The number of nitrogen functional groups attached to an aromatic ring is 1. The predicted octanol–water partition coefficient (Wildman–Crippen LogP) is 2.77. The van der Waals surface area contributed by atoms with Crippen LogP contribution in [-0.2, 0) is 0 Å². The van der Waals surface area contributed by atoms with Crippen molar-refractivity contribution in [1.29, 1.82) is 0 Å². The third-order valence-electron chi connectivity index (χ3n) is 1.33. The first-order valence-electron chi connectivity index (χ1n) is 3.08. The van der Waals surface area contributed by atoms with Gasteiger partial charge in [-0.25, -0.2) is 0 Å². The molecule has 0 bridgehead atoms. The molecule has 0 radical (unpaired) electrons. The summed E-state index contributed by atoms with van der Waals surface area (Å²) in [6.45, 7) is 0. The molecule has 3 N–H and O–H groups in total. The summed E-state index contributed by atoms with van der Waals surface area (Å²) in [7, 11) is 0. The van der Waals surface area contributed by atoms with Gasteiger partial charge in [-0.3, -0.25) is 5.84 Å². The maximum Gasteiger partial charge on any atom is 0.0636 e. The molecule has 0 amide bonds. The van der Waals surface area contributed by atoms with E-state index < -0.39 is 0 Å². The molecule has 0 atom stereocenters. The molecule has 0 saturated heterocycles. The van der Waals surface area contributed by atoms with E-state index in [9.17, 15) is 0 Å². The first-order valence-corrected chi connectivity index (χ1v) is 4.69. The normalized spacial score (nSPS) is 8.92. The smallest absolute Gasteiger partial charge is 0.0636 e. The molecule has 0 aliphatic heterocycles. The number of halogens is 2. The highest BCUT2D eigenvalue weighted by Crippen LogP contribution is 2.31. The lowest BCUT2D eigenvalue weighted by atomic mass is 10.3. The van der Waals surface area contributed by atoms with Crippen LogP contribution >= 0.6 is 35.8 Å². The van der Waals surface area contributed by atoms with E-state index in [2.05, 4.69) is 5.43 Å². The second kappa shape index (κ2) is 5.54. The van der Waals surface area contributed by atoms with Crippen LogP contribution in [0.4, 0.5) is 5.69 Å². The van der Waals surface area contributed by atoms with Gasteiger partial charge in [0.2, 0.25) is 0 Å². The van der Waals surface area contributed by atoms with Gasteiger partial charge in [0.05, 0.1) is 15.6 Å². The summed E-state index contributed by atoms with van der Waals surface area (Å²) >= 11 is 7.46. The van der Waals surface area contributed by atoms with Crippen LogP contribution in [0.3, 0.4) is 0 Å². The number of nitrogens with one attached hydrogen (secondary N) is 1. The lowest BCUT2D eigenvalue weighted by Crippen LogP contribution is -2.07. The minimum atomic E-state index is 0. The van der Waals surface area contributed by atoms with Crippen LogP contribution < -0.4 is 11.3 Å². The summed E-state index contributed by atoms with van der Waals surface area (Å²) in [6.07, 6.45) is 1.96. The van der Waals surface area contributed by atoms with Crippen LogP contribution in [0.2, 0.25) is 5.02 Å². The first-order chi connectivity index (χ1) is 5.29. The summed E-state index contributed by atoms with van der Waals surface area (Å²) in [6, 6.07) is 5.59. The Kier molecular flexibility index (Phi) is 5.50. The van der Waals surface area contributed by atoms with Gasteiger partial charge in [-0.2, -0.15) is 0 Å². The fourth-order valence-corrected chi connectivity index (χ4v) is 1.85. The van der Waals surface area contributed by atoms with Crippen LogP contribution in [0.25, 0.3) is 0 Å². The lowest BCUT2D eigenvalue weighted by Gasteiger charge is -2.06. The molecular weight excluding hydrogens is 215 g/mol. The van der Waals surface area contributed by atoms with Crippen molar-refractivity contribution in [2.45, 2.75) is 4.90 Å². The maximum atomic E-state index is 5.89. The summed E-state index contributed by atoms with van der Waals surface area (Å²) in [4.78, 5) is 0.983. The Morgan fingerprint density at radius 1 is 1.50 bits per heavy atom. The SMILES string of the molecule is CSc1c(Cl)cccc1NN.Cl. The molecule has 0 fully saturated rings. The zero-order chi connectivity index (χ0) is 8.27. The van der Waals surface area contributed by atoms with Gasteiger partial charge < -0.3 is 5.43 Å². The minimum absolute atomic E-state index is 0. The van der Waals surface area contributed by atoms with E-state index >= 15 is 0 Å². The molecule has 1 rings (SSSR count). The summed E-state index contributed by atoms with van der Waals surface area (Å²) in [5.74, 6) is 5.27. The van der Waals surface area contributed by atoms with Crippen molar-refractivity contribution in [2.24, 2.45) is 5.84 Å². The third kappa shape index (κ3) is 2.45. The highest BCUT2D eigenvalue weighted by Gasteiger charge is 2.02. The van der Waals surface area contributed by atoms with Crippen molar-refractivity contribution in [2.75, 3.05) is 11.7 Å². The average molecular weight is 225 g/mol. The highest BCUT2D eigenvalue weighted by atomic mass is 35.5. The molecule has 68 valence electrons. The summed E-state index contributed by atoms with van der Waals surface area (Å²) < 4.78 is 0. The van der Waals surface area contributed by atoms with Crippen LogP contribution in [-0.4, -0.2) is 6.26 Å². The topological polar surface area (TPSA) is 38.0 Å². The van der Waals surface area contributed by atoms with E-state index in [1.54, 1.807) is 11.8 Å². The third-order valence-corrected chi connectivity index (χ3v) is 2.60. The van der Waals surface area contributed by atoms with Crippen molar-refractivity contribution in [1.82, 2.24) is 0 Å². The molecule has 5 heteroatoms. The van der Waals surface area contributed by atoms with Gasteiger partial charge in [-0.1, -0.05) is 17.7 Å². The number of anilines is 1. The first kappa shape index (κ1) is 11.9. The quantitative estimate of drug-likeness (QED) is 0.461. The predicted molar refractivity (Wildman–Crippen MR) is 58.3 cm³/mol. The molecule has 1 aromatic rings. The Balaban J connectivity index is 0.00000121.